The number of hydrogen-bond donors (Lipinski definition) is 2. The quantitative estimate of drug-likeness (QED) is 0.701. The lowest BCUT2D eigenvalue weighted by molar-refractivity contribution is -0.0914. The molecular formula is C10H18N4O2. The first kappa shape index (κ1) is 12.7. The Morgan fingerprint density at radius 1 is 1.25 bits per heavy atom. The molecule has 0 aliphatic heterocycles. The Kier molecular flexibility index (Phi) is 4.94. The lowest BCUT2D eigenvalue weighted by Crippen LogP contribution is -2.24. The van der Waals surface area contributed by atoms with E-state index >= 15 is 0 Å². The van der Waals surface area contributed by atoms with Crippen molar-refractivity contribution in [2.45, 2.75) is 13.2 Å². The SMILES string of the molecule is CNc1cc(NCC(OC)OC)nc(C)n1. The van der Waals surface area contributed by atoms with Gasteiger partial charge in [0.1, 0.15) is 17.5 Å². The second-order valence-corrected chi connectivity index (χ2v) is 3.22. The lowest BCUT2D eigenvalue weighted by Gasteiger charge is -2.14. The summed E-state index contributed by atoms with van der Waals surface area (Å²) in [5.74, 6) is 2.23. The van der Waals surface area contributed by atoms with Gasteiger partial charge in [-0.25, -0.2) is 9.97 Å². The summed E-state index contributed by atoms with van der Waals surface area (Å²) in [5.41, 5.74) is 0. The van der Waals surface area contributed by atoms with Gasteiger partial charge in [-0.3, -0.25) is 0 Å². The molecule has 90 valence electrons. The number of anilines is 2. The van der Waals surface area contributed by atoms with Crippen LogP contribution in [0.3, 0.4) is 0 Å². The first-order chi connectivity index (χ1) is 7.69. The van der Waals surface area contributed by atoms with Crippen LogP contribution in [0.4, 0.5) is 11.6 Å². The van der Waals surface area contributed by atoms with Crippen molar-refractivity contribution >= 4 is 11.6 Å². The molecule has 1 aromatic heterocycles. The Morgan fingerprint density at radius 2 is 1.88 bits per heavy atom. The van der Waals surface area contributed by atoms with Gasteiger partial charge in [0.2, 0.25) is 0 Å². The maximum atomic E-state index is 5.06. The van der Waals surface area contributed by atoms with Crippen LogP contribution in [0.5, 0.6) is 0 Å². The van der Waals surface area contributed by atoms with Gasteiger partial charge in [-0.2, -0.15) is 0 Å². The molecule has 0 spiro atoms. The minimum absolute atomic E-state index is 0.284. The molecule has 0 amide bonds. The predicted octanol–water partition coefficient (Wildman–Crippen LogP) is 0.858. The minimum Gasteiger partial charge on any atom is -0.373 e. The Morgan fingerprint density at radius 3 is 2.44 bits per heavy atom. The topological polar surface area (TPSA) is 68.3 Å². The Balaban J connectivity index is 2.62. The van der Waals surface area contributed by atoms with Crippen molar-refractivity contribution in [3.8, 4) is 0 Å². The average Bonchev–Trinajstić information content (AvgIpc) is 2.29. The van der Waals surface area contributed by atoms with Gasteiger partial charge in [0.25, 0.3) is 0 Å². The van der Waals surface area contributed by atoms with Crippen molar-refractivity contribution < 1.29 is 9.47 Å². The highest BCUT2D eigenvalue weighted by Crippen LogP contribution is 2.10. The van der Waals surface area contributed by atoms with Crippen LogP contribution in [-0.4, -0.2) is 44.1 Å². The van der Waals surface area contributed by atoms with Crippen molar-refractivity contribution in [3.63, 3.8) is 0 Å². The van der Waals surface area contributed by atoms with Gasteiger partial charge in [-0.1, -0.05) is 0 Å². The number of nitrogens with one attached hydrogen (secondary N) is 2. The fourth-order valence-corrected chi connectivity index (χ4v) is 1.24. The lowest BCUT2D eigenvalue weighted by atomic mass is 10.4. The monoisotopic (exact) mass is 226 g/mol. The number of rotatable bonds is 6. The van der Waals surface area contributed by atoms with Gasteiger partial charge in [0.15, 0.2) is 6.29 Å². The normalized spacial score (nSPS) is 10.6. The van der Waals surface area contributed by atoms with E-state index in [1.807, 2.05) is 20.0 Å². The summed E-state index contributed by atoms with van der Waals surface area (Å²) in [7, 11) is 5.01. The van der Waals surface area contributed by atoms with Gasteiger partial charge >= 0.3 is 0 Å². The second kappa shape index (κ2) is 6.24. The molecule has 0 fully saturated rings. The van der Waals surface area contributed by atoms with Crippen molar-refractivity contribution in [1.29, 1.82) is 0 Å². The summed E-state index contributed by atoms with van der Waals surface area (Å²) < 4.78 is 10.1. The van der Waals surface area contributed by atoms with Crippen molar-refractivity contribution in [1.82, 2.24) is 9.97 Å². The third-order valence-electron chi connectivity index (χ3n) is 2.07. The first-order valence-electron chi connectivity index (χ1n) is 5.02. The van der Waals surface area contributed by atoms with Crippen LogP contribution in [0.25, 0.3) is 0 Å². The largest absolute Gasteiger partial charge is 0.373 e. The maximum absolute atomic E-state index is 5.06. The van der Waals surface area contributed by atoms with Crippen LogP contribution in [0.1, 0.15) is 5.82 Å². The zero-order valence-corrected chi connectivity index (χ0v) is 10.1. The fourth-order valence-electron chi connectivity index (χ4n) is 1.24. The number of nitrogens with zero attached hydrogens (tertiary/aromatic N) is 2. The smallest absolute Gasteiger partial charge is 0.173 e. The molecule has 6 heteroatoms. The van der Waals surface area contributed by atoms with Gasteiger partial charge in [0.05, 0.1) is 6.54 Å². The molecule has 0 radical (unpaired) electrons. The standard InChI is InChI=1S/C10H18N4O2/c1-7-13-8(11-2)5-9(14-7)12-6-10(15-3)16-4/h5,10H,6H2,1-4H3,(H2,11,12,13,14). The molecule has 0 unspecified atom stereocenters. The van der Waals surface area contributed by atoms with E-state index in [0.29, 0.717) is 12.4 Å². The number of methoxy groups -OCH3 is 2. The number of ether oxygens (including phenoxy) is 2. The molecular weight excluding hydrogens is 208 g/mol. The van der Waals surface area contributed by atoms with Gasteiger partial charge in [-0.15, -0.1) is 0 Å². The van der Waals surface area contributed by atoms with E-state index in [1.54, 1.807) is 14.2 Å². The summed E-state index contributed by atoms with van der Waals surface area (Å²) in [4.78, 5) is 8.44. The molecule has 0 bridgehead atoms. The van der Waals surface area contributed by atoms with Crippen molar-refractivity contribution in [2.24, 2.45) is 0 Å². The number of aromatic nitrogens is 2. The van der Waals surface area contributed by atoms with Crippen molar-refractivity contribution in [3.05, 3.63) is 11.9 Å². The molecule has 0 aromatic carbocycles. The van der Waals surface area contributed by atoms with Crippen LogP contribution in [-0.2, 0) is 9.47 Å². The molecule has 0 saturated carbocycles. The molecule has 16 heavy (non-hydrogen) atoms. The fraction of sp³-hybridized carbons (Fsp3) is 0.600. The van der Waals surface area contributed by atoms with Crippen LogP contribution >= 0.6 is 0 Å². The molecule has 0 saturated heterocycles. The highest BCUT2D eigenvalue weighted by atomic mass is 16.7. The van der Waals surface area contributed by atoms with Crippen LogP contribution < -0.4 is 10.6 Å². The van der Waals surface area contributed by atoms with Gasteiger partial charge in [-0.05, 0) is 6.92 Å². The predicted molar refractivity (Wildman–Crippen MR) is 62.6 cm³/mol. The average molecular weight is 226 g/mol. The van der Waals surface area contributed by atoms with Crippen molar-refractivity contribution in [2.75, 3.05) is 38.4 Å². The van der Waals surface area contributed by atoms with Gasteiger partial charge in [0, 0.05) is 27.3 Å². The van der Waals surface area contributed by atoms with E-state index in [2.05, 4.69) is 20.6 Å². The first-order valence-corrected chi connectivity index (χ1v) is 5.02. The van der Waals surface area contributed by atoms with E-state index in [9.17, 15) is 0 Å². The third kappa shape index (κ3) is 3.63. The minimum atomic E-state index is -0.284. The molecule has 0 aliphatic carbocycles. The number of aryl methyl sites for hydroxylation is 1. The molecule has 2 N–H and O–H groups in total. The highest BCUT2D eigenvalue weighted by Gasteiger charge is 2.06. The molecule has 1 heterocycles. The van der Waals surface area contributed by atoms with Crippen LogP contribution in [0.15, 0.2) is 6.07 Å². The Hall–Kier alpha value is -1.40. The molecule has 1 rings (SSSR count). The Labute approximate surface area is 95.4 Å². The summed E-state index contributed by atoms with van der Waals surface area (Å²) in [6, 6.07) is 1.83. The van der Waals surface area contributed by atoms with E-state index in [4.69, 9.17) is 9.47 Å². The summed E-state index contributed by atoms with van der Waals surface area (Å²) >= 11 is 0. The second-order valence-electron chi connectivity index (χ2n) is 3.22. The molecule has 6 nitrogen and oxygen atoms in total. The van der Waals surface area contributed by atoms with Crippen LogP contribution in [0, 0.1) is 6.92 Å². The molecule has 0 atom stereocenters. The summed E-state index contributed by atoms with van der Waals surface area (Å²) in [6.45, 7) is 2.38. The zero-order valence-electron chi connectivity index (χ0n) is 10.1. The van der Waals surface area contributed by atoms with E-state index in [1.165, 1.54) is 0 Å². The Bertz CT molecular complexity index is 329. The van der Waals surface area contributed by atoms with Crippen LogP contribution in [0.2, 0.25) is 0 Å². The number of hydrogen-bond acceptors (Lipinski definition) is 6. The summed E-state index contributed by atoms with van der Waals surface area (Å²) in [6.07, 6.45) is -0.284. The zero-order chi connectivity index (χ0) is 12.0. The van der Waals surface area contributed by atoms with E-state index in [0.717, 1.165) is 11.6 Å². The molecule has 0 aliphatic rings. The summed E-state index contributed by atoms with van der Waals surface area (Å²) in [5, 5.41) is 6.09. The molecule has 1 aromatic rings. The maximum Gasteiger partial charge on any atom is 0.173 e. The van der Waals surface area contributed by atoms with Gasteiger partial charge < -0.3 is 20.1 Å². The highest BCUT2D eigenvalue weighted by molar-refractivity contribution is 5.47. The third-order valence-corrected chi connectivity index (χ3v) is 2.07. The van der Waals surface area contributed by atoms with E-state index < -0.39 is 0 Å². The van der Waals surface area contributed by atoms with E-state index in [-0.39, 0.29) is 6.29 Å².